The molecule has 3 aromatic rings. The summed E-state index contributed by atoms with van der Waals surface area (Å²) in [5.74, 6) is -1.22. The molecule has 0 atom stereocenters. The van der Waals surface area contributed by atoms with E-state index in [1.54, 1.807) is 0 Å². The van der Waals surface area contributed by atoms with Crippen LogP contribution in [0.25, 0.3) is 11.1 Å². The van der Waals surface area contributed by atoms with Crippen LogP contribution in [0.5, 0.6) is 0 Å². The second-order valence-electron chi connectivity index (χ2n) is 6.04. The van der Waals surface area contributed by atoms with Gasteiger partial charge in [-0.05, 0) is 22.3 Å². The zero-order valence-electron chi connectivity index (χ0n) is 13.9. The number of anilines is 1. The summed E-state index contributed by atoms with van der Waals surface area (Å²) in [5, 5.41) is 13.3. The highest BCUT2D eigenvalue weighted by atomic mass is 35.5. The number of fused-ring (bicyclic) bond motifs is 3. The Balaban J connectivity index is 1.52. The number of benzene rings is 2. The number of carbonyl (C=O) groups excluding carboxylic acids is 1. The quantitative estimate of drug-likeness (QED) is 0.610. The van der Waals surface area contributed by atoms with Crippen LogP contribution in [0.2, 0.25) is 5.02 Å². The molecule has 1 aromatic heterocycles. The molecule has 0 saturated carbocycles. The van der Waals surface area contributed by atoms with E-state index in [9.17, 15) is 14.7 Å². The smallest absolute Gasteiger partial charge is 0.411 e. The van der Waals surface area contributed by atoms with E-state index in [-0.39, 0.29) is 28.1 Å². The molecule has 1 aliphatic rings. The lowest BCUT2D eigenvalue weighted by atomic mass is 9.98. The van der Waals surface area contributed by atoms with Crippen molar-refractivity contribution in [3.05, 3.63) is 74.9 Å². The van der Waals surface area contributed by atoms with Gasteiger partial charge in [-0.2, -0.15) is 0 Å². The highest BCUT2D eigenvalue weighted by Crippen LogP contribution is 2.44. The predicted molar refractivity (Wildman–Crippen MR) is 105 cm³/mol. The van der Waals surface area contributed by atoms with Gasteiger partial charge in [0, 0.05) is 11.3 Å². The van der Waals surface area contributed by atoms with Gasteiger partial charge in [0.25, 0.3) is 0 Å². The minimum absolute atomic E-state index is 0.0338. The second-order valence-corrected chi connectivity index (χ2v) is 7.33. The first kappa shape index (κ1) is 17.6. The molecule has 0 unspecified atom stereocenters. The summed E-state index contributed by atoms with van der Waals surface area (Å²) in [6, 6.07) is 16.1. The van der Waals surface area contributed by atoms with E-state index in [2.05, 4.69) is 17.4 Å². The average Bonchev–Trinajstić information content (AvgIpc) is 3.19. The van der Waals surface area contributed by atoms with Gasteiger partial charge >= 0.3 is 12.1 Å². The number of hydrogen-bond donors (Lipinski definition) is 2. The Hall–Kier alpha value is -2.83. The Morgan fingerprint density at radius 3 is 2.26 bits per heavy atom. The van der Waals surface area contributed by atoms with E-state index in [1.165, 1.54) is 5.38 Å². The monoisotopic (exact) mass is 399 g/mol. The molecule has 0 aliphatic heterocycles. The molecule has 0 fully saturated rings. The molecule has 2 N–H and O–H groups in total. The standard InChI is InChI=1S/C20H14ClNO4S/c21-16-10-27-18(19(23)24)17(16)22-20(25)26-9-15-13-7-3-1-5-11(13)12-6-2-4-8-14(12)15/h1-8,10,15H,9H2,(H,22,25)(H,23,24). The fourth-order valence-electron chi connectivity index (χ4n) is 3.35. The molecule has 7 heteroatoms. The lowest BCUT2D eigenvalue weighted by Crippen LogP contribution is -2.18. The van der Waals surface area contributed by atoms with Gasteiger partial charge in [-0.25, -0.2) is 9.59 Å². The average molecular weight is 400 g/mol. The van der Waals surface area contributed by atoms with Gasteiger partial charge in [-0.15, -0.1) is 11.3 Å². The largest absolute Gasteiger partial charge is 0.477 e. The number of halogens is 1. The van der Waals surface area contributed by atoms with E-state index in [0.717, 1.165) is 33.6 Å². The summed E-state index contributed by atoms with van der Waals surface area (Å²) in [7, 11) is 0. The summed E-state index contributed by atoms with van der Waals surface area (Å²) >= 11 is 6.92. The Kier molecular flexibility index (Phi) is 4.59. The number of hydrogen-bond acceptors (Lipinski definition) is 4. The maximum Gasteiger partial charge on any atom is 0.411 e. The van der Waals surface area contributed by atoms with Crippen LogP contribution >= 0.6 is 22.9 Å². The minimum atomic E-state index is -1.15. The highest BCUT2D eigenvalue weighted by molar-refractivity contribution is 7.13. The minimum Gasteiger partial charge on any atom is -0.477 e. The number of carbonyl (C=O) groups is 2. The molecular weight excluding hydrogens is 386 g/mol. The second kappa shape index (κ2) is 7.06. The van der Waals surface area contributed by atoms with Crippen molar-refractivity contribution in [2.75, 3.05) is 11.9 Å². The molecule has 0 spiro atoms. The van der Waals surface area contributed by atoms with Gasteiger partial charge in [0.15, 0.2) is 0 Å². The number of amides is 1. The van der Waals surface area contributed by atoms with E-state index < -0.39 is 12.1 Å². The Labute approximate surface area is 164 Å². The lowest BCUT2D eigenvalue weighted by molar-refractivity contribution is 0.0703. The first-order valence-electron chi connectivity index (χ1n) is 8.18. The molecule has 0 bridgehead atoms. The van der Waals surface area contributed by atoms with E-state index in [1.807, 2.05) is 36.4 Å². The Bertz CT molecular complexity index is 1000. The van der Waals surface area contributed by atoms with Crippen molar-refractivity contribution < 1.29 is 19.4 Å². The molecule has 4 rings (SSSR count). The van der Waals surface area contributed by atoms with Crippen LogP contribution in [0.1, 0.15) is 26.7 Å². The molecule has 1 heterocycles. The van der Waals surface area contributed by atoms with E-state index in [0.29, 0.717) is 0 Å². The molecule has 2 aromatic carbocycles. The zero-order valence-corrected chi connectivity index (χ0v) is 15.5. The number of aromatic carboxylic acids is 1. The van der Waals surface area contributed by atoms with Gasteiger partial charge in [-0.1, -0.05) is 60.1 Å². The Morgan fingerprint density at radius 1 is 1.07 bits per heavy atom. The SMILES string of the molecule is O=C(Nc1c(Cl)csc1C(=O)O)OCC1c2ccccc2-c2ccccc21. The van der Waals surface area contributed by atoms with Crippen molar-refractivity contribution >= 4 is 40.7 Å². The van der Waals surface area contributed by atoms with Crippen LogP contribution in [0.15, 0.2) is 53.9 Å². The van der Waals surface area contributed by atoms with Gasteiger partial charge < -0.3 is 9.84 Å². The molecule has 1 aliphatic carbocycles. The summed E-state index contributed by atoms with van der Waals surface area (Å²) in [4.78, 5) is 23.4. The van der Waals surface area contributed by atoms with Crippen molar-refractivity contribution in [3.8, 4) is 11.1 Å². The molecular formula is C20H14ClNO4S. The first-order valence-corrected chi connectivity index (χ1v) is 9.44. The third-order valence-electron chi connectivity index (χ3n) is 4.51. The van der Waals surface area contributed by atoms with Gasteiger partial charge in [-0.3, -0.25) is 5.32 Å². The maximum absolute atomic E-state index is 12.2. The fraction of sp³-hybridized carbons (Fsp3) is 0.100. The maximum atomic E-state index is 12.2. The third-order valence-corrected chi connectivity index (χ3v) is 5.91. The molecule has 136 valence electrons. The van der Waals surface area contributed by atoms with E-state index in [4.69, 9.17) is 16.3 Å². The van der Waals surface area contributed by atoms with Crippen molar-refractivity contribution in [2.24, 2.45) is 0 Å². The van der Waals surface area contributed by atoms with Crippen LogP contribution in [-0.2, 0) is 4.74 Å². The number of thiophene rings is 1. The summed E-state index contributed by atoms with van der Waals surface area (Å²) in [5.41, 5.74) is 4.54. The van der Waals surface area contributed by atoms with E-state index >= 15 is 0 Å². The summed E-state index contributed by atoms with van der Waals surface area (Å²) in [6.45, 7) is 0.143. The lowest BCUT2D eigenvalue weighted by Gasteiger charge is -2.14. The van der Waals surface area contributed by atoms with Crippen molar-refractivity contribution in [2.45, 2.75) is 5.92 Å². The van der Waals surface area contributed by atoms with Crippen LogP contribution in [0, 0.1) is 0 Å². The fourth-order valence-corrected chi connectivity index (χ4v) is 4.40. The van der Waals surface area contributed by atoms with Crippen LogP contribution in [0.3, 0.4) is 0 Å². The first-order chi connectivity index (χ1) is 13.1. The van der Waals surface area contributed by atoms with Gasteiger partial charge in [0.2, 0.25) is 0 Å². The summed E-state index contributed by atoms with van der Waals surface area (Å²) < 4.78 is 5.41. The number of carboxylic acids is 1. The van der Waals surface area contributed by atoms with Gasteiger partial charge in [0.1, 0.15) is 11.5 Å². The third kappa shape index (κ3) is 3.18. The molecule has 27 heavy (non-hydrogen) atoms. The summed E-state index contributed by atoms with van der Waals surface area (Å²) in [6.07, 6.45) is -0.736. The molecule has 0 saturated heterocycles. The molecule has 5 nitrogen and oxygen atoms in total. The van der Waals surface area contributed by atoms with Crippen LogP contribution in [-0.4, -0.2) is 23.8 Å². The van der Waals surface area contributed by atoms with Crippen LogP contribution in [0.4, 0.5) is 10.5 Å². The van der Waals surface area contributed by atoms with Gasteiger partial charge in [0.05, 0.1) is 10.7 Å². The van der Waals surface area contributed by atoms with Crippen molar-refractivity contribution in [1.82, 2.24) is 0 Å². The molecule has 1 amide bonds. The normalized spacial score (nSPS) is 12.3. The van der Waals surface area contributed by atoms with Crippen LogP contribution < -0.4 is 5.32 Å². The van der Waals surface area contributed by atoms with Crippen molar-refractivity contribution in [1.29, 1.82) is 0 Å². The Morgan fingerprint density at radius 2 is 1.67 bits per heavy atom. The number of ether oxygens (including phenoxy) is 1. The highest BCUT2D eigenvalue weighted by Gasteiger charge is 2.29. The zero-order chi connectivity index (χ0) is 19.0. The number of carboxylic acid groups (broad SMARTS) is 1. The van der Waals surface area contributed by atoms with Crippen molar-refractivity contribution in [3.63, 3.8) is 0 Å². The topological polar surface area (TPSA) is 75.6 Å². The number of rotatable bonds is 4. The predicted octanol–water partition coefficient (Wildman–Crippen LogP) is 5.46. The molecule has 0 radical (unpaired) electrons. The number of nitrogens with one attached hydrogen (secondary N) is 1.